The second-order valence-electron chi connectivity index (χ2n) is 6.73. The quantitative estimate of drug-likeness (QED) is 0.814. The lowest BCUT2D eigenvalue weighted by Crippen LogP contribution is -2.28. The van der Waals surface area contributed by atoms with Crippen molar-refractivity contribution in [2.24, 2.45) is 5.92 Å². The van der Waals surface area contributed by atoms with Gasteiger partial charge in [-0.25, -0.2) is 0 Å². The first-order valence-electron chi connectivity index (χ1n) is 8.23. The molecular formula is C20H23ClN2O. The molecule has 1 aliphatic rings. The molecule has 0 heterocycles. The van der Waals surface area contributed by atoms with Crippen molar-refractivity contribution in [1.82, 2.24) is 4.90 Å². The summed E-state index contributed by atoms with van der Waals surface area (Å²) in [7, 11) is 5.92. The summed E-state index contributed by atoms with van der Waals surface area (Å²) in [6, 6.07) is 16.2. The van der Waals surface area contributed by atoms with E-state index in [9.17, 15) is 4.79 Å². The van der Waals surface area contributed by atoms with Gasteiger partial charge < -0.3 is 9.80 Å². The van der Waals surface area contributed by atoms with E-state index in [4.69, 9.17) is 11.6 Å². The minimum atomic E-state index is 0.0657. The van der Waals surface area contributed by atoms with Gasteiger partial charge in [-0.05, 0) is 41.7 Å². The zero-order chi connectivity index (χ0) is 17.3. The minimum absolute atomic E-state index is 0.0657. The molecule has 126 valence electrons. The molecule has 0 aromatic heterocycles. The van der Waals surface area contributed by atoms with Crippen LogP contribution in [0.3, 0.4) is 0 Å². The van der Waals surface area contributed by atoms with E-state index in [1.165, 1.54) is 0 Å². The Kier molecular flexibility index (Phi) is 4.81. The molecule has 0 spiro atoms. The molecule has 2 unspecified atom stereocenters. The number of hydrogen-bond donors (Lipinski definition) is 0. The molecule has 4 heteroatoms. The van der Waals surface area contributed by atoms with Crippen LogP contribution in [0.15, 0.2) is 48.5 Å². The molecule has 3 nitrogen and oxygen atoms in total. The predicted octanol–water partition coefficient (Wildman–Crippen LogP) is 4.17. The van der Waals surface area contributed by atoms with Gasteiger partial charge in [-0.2, -0.15) is 0 Å². The van der Waals surface area contributed by atoms with E-state index in [2.05, 4.69) is 29.2 Å². The summed E-state index contributed by atoms with van der Waals surface area (Å²) in [6.07, 6.45) is 0.895. The molecule has 0 bridgehead atoms. The van der Waals surface area contributed by atoms with E-state index in [1.54, 1.807) is 0 Å². The van der Waals surface area contributed by atoms with Crippen LogP contribution in [-0.4, -0.2) is 32.0 Å². The maximum Gasteiger partial charge on any atom is 0.226 e. The van der Waals surface area contributed by atoms with Crippen molar-refractivity contribution in [3.05, 3.63) is 64.7 Å². The fourth-order valence-corrected chi connectivity index (χ4v) is 3.40. The highest BCUT2D eigenvalue weighted by Crippen LogP contribution is 2.50. The monoisotopic (exact) mass is 342 g/mol. The largest absolute Gasteiger partial charge is 0.378 e. The average molecular weight is 343 g/mol. The zero-order valence-corrected chi connectivity index (χ0v) is 15.1. The first-order valence-corrected chi connectivity index (χ1v) is 8.61. The maximum absolute atomic E-state index is 12.7. The number of anilines is 1. The molecule has 2 atom stereocenters. The molecule has 0 saturated heterocycles. The van der Waals surface area contributed by atoms with Gasteiger partial charge in [0.15, 0.2) is 0 Å². The van der Waals surface area contributed by atoms with Crippen LogP contribution in [0.5, 0.6) is 0 Å². The Morgan fingerprint density at radius 3 is 2.38 bits per heavy atom. The topological polar surface area (TPSA) is 23.6 Å². The fraction of sp³-hybridized carbons (Fsp3) is 0.350. The number of carbonyl (C=O) groups excluding carboxylic acids is 1. The van der Waals surface area contributed by atoms with E-state index in [-0.39, 0.29) is 17.7 Å². The van der Waals surface area contributed by atoms with Crippen LogP contribution in [0.1, 0.15) is 23.5 Å². The molecule has 3 rings (SSSR count). The molecule has 1 aliphatic carbocycles. The minimum Gasteiger partial charge on any atom is -0.378 e. The summed E-state index contributed by atoms with van der Waals surface area (Å²) in [5.74, 6) is 0.539. The molecule has 0 N–H and O–H groups in total. The van der Waals surface area contributed by atoms with Crippen molar-refractivity contribution >= 4 is 23.2 Å². The lowest BCUT2D eigenvalue weighted by atomic mass is 10.1. The van der Waals surface area contributed by atoms with Gasteiger partial charge in [0, 0.05) is 44.3 Å². The van der Waals surface area contributed by atoms with Gasteiger partial charge in [0.2, 0.25) is 5.91 Å². The van der Waals surface area contributed by atoms with Gasteiger partial charge in [-0.15, -0.1) is 0 Å². The molecule has 2 aromatic rings. The van der Waals surface area contributed by atoms with E-state index >= 15 is 0 Å². The van der Waals surface area contributed by atoms with Gasteiger partial charge in [-0.3, -0.25) is 4.79 Å². The molecule has 0 radical (unpaired) electrons. The predicted molar refractivity (Wildman–Crippen MR) is 99.5 cm³/mol. The van der Waals surface area contributed by atoms with Crippen LogP contribution < -0.4 is 4.90 Å². The standard InChI is InChI=1S/C20H23ClN2O/c1-22(2)15-10-8-14(9-11-15)13-23(3)20(24)18-12-17(18)16-6-4-5-7-19(16)21/h4-11,17-18H,12-13H2,1-3H3. The Labute approximate surface area is 148 Å². The van der Waals surface area contributed by atoms with Gasteiger partial charge in [0.05, 0.1) is 0 Å². The van der Waals surface area contributed by atoms with E-state index in [0.717, 1.165) is 28.3 Å². The number of hydrogen-bond acceptors (Lipinski definition) is 2. The van der Waals surface area contributed by atoms with E-state index in [0.29, 0.717) is 6.54 Å². The summed E-state index contributed by atoms with van der Waals surface area (Å²) in [5, 5.41) is 0.764. The molecular weight excluding hydrogens is 320 g/mol. The highest BCUT2D eigenvalue weighted by atomic mass is 35.5. The average Bonchev–Trinajstić information content (AvgIpc) is 3.35. The third-order valence-electron chi connectivity index (χ3n) is 4.66. The van der Waals surface area contributed by atoms with Crippen LogP contribution in [0.2, 0.25) is 5.02 Å². The molecule has 1 fully saturated rings. The van der Waals surface area contributed by atoms with Crippen molar-refractivity contribution in [3.63, 3.8) is 0 Å². The number of amides is 1. The number of carbonyl (C=O) groups is 1. The highest BCUT2D eigenvalue weighted by molar-refractivity contribution is 6.31. The Balaban J connectivity index is 1.61. The second kappa shape index (κ2) is 6.86. The molecule has 1 saturated carbocycles. The molecule has 0 aliphatic heterocycles. The number of rotatable bonds is 5. The Morgan fingerprint density at radius 1 is 1.08 bits per heavy atom. The van der Waals surface area contributed by atoms with E-state index < -0.39 is 0 Å². The van der Waals surface area contributed by atoms with E-state index in [1.807, 2.05) is 50.3 Å². The molecule has 2 aromatic carbocycles. The number of nitrogens with zero attached hydrogens (tertiary/aromatic N) is 2. The second-order valence-corrected chi connectivity index (χ2v) is 7.13. The smallest absolute Gasteiger partial charge is 0.226 e. The van der Waals surface area contributed by atoms with Crippen LogP contribution in [-0.2, 0) is 11.3 Å². The molecule has 24 heavy (non-hydrogen) atoms. The first-order chi connectivity index (χ1) is 11.5. The van der Waals surface area contributed by atoms with Gasteiger partial charge in [-0.1, -0.05) is 41.9 Å². The van der Waals surface area contributed by atoms with Crippen molar-refractivity contribution < 1.29 is 4.79 Å². The fourth-order valence-electron chi connectivity index (χ4n) is 3.12. The lowest BCUT2D eigenvalue weighted by Gasteiger charge is -2.19. The summed E-state index contributed by atoms with van der Waals surface area (Å²) in [5.41, 5.74) is 3.40. The van der Waals surface area contributed by atoms with Gasteiger partial charge in [0.1, 0.15) is 0 Å². The number of benzene rings is 2. The summed E-state index contributed by atoms with van der Waals surface area (Å²) in [4.78, 5) is 16.5. The van der Waals surface area contributed by atoms with Crippen LogP contribution in [0.25, 0.3) is 0 Å². The Bertz CT molecular complexity index is 727. The Hall–Kier alpha value is -2.00. The third kappa shape index (κ3) is 3.57. The van der Waals surface area contributed by atoms with Gasteiger partial charge >= 0.3 is 0 Å². The van der Waals surface area contributed by atoms with Crippen molar-refractivity contribution in [1.29, 1.82) is 0 Å². The summed E-state index contributed by atoms with van der Waals surface area (Å²) in [6.45, 7) is 0.637. The Morgan fingerprint density at radius 2 is 1.75 bits per heavy atom. The van der Waals surface area contributed by atoms with Crippen LogP contribution >= 0.6 is 11.6 Å². The van der Waals surface area contributed by atoms with Crippen molar-refractivity contribution in [2.75, 3.05) is 26.0 Å². The summed E-state index contributed by atoms with van der Waals surface area (Å²) < 4.78 is 0. The highest BCUT2D eigenvalue weighted by Gasteiger charge is 2.45. The zero-order valence-electron chi connectivity index (χ0n) is 14.4. The number of halogens is 1. The first kappa shape index (κ1) is 16.8. The van der Waals surface area contributed by atoms with Crippen molar-refractivity contribution in [2.45, 2.75) is 18.9 Å². The van der Waals surface area contributed by atoms with Crippen molar-refractivity contribution in [3.8, 4) is 0 Å². The normalized spacial score (nSPS) is 19.0. The maximum atomic E-state index is 12.7. The van der Waals surface area contributed by atoms with Gasteiger partial charge in [0.25, 0.3) is 0 Å². The van der Waals surface area contributed by atoms with Crippen LogP contribution in [0, 0.1) is 5.92 Å². The SMILES string of the molecule is CN(Cc1ccc(N(C)C)cc1)C(=O)C1CC1c1ccccc1Cl. The van der Waals surface area contributed by atoms with Crippen LogP contribution in [0.4, 0.5) is 5.69 Å². The molecule has 1 amide bonds. The third-order valence-corrected chi connectivity index (χ3v) is 5.01. The summed E-state index contributed by atoms with van der Waals surface area (Å²) >= 11 is 6.25. The lowest BCUT2D eigenvalue weighted by molar-refractivity contribution is -0.131.